The van der Waals surface area contributed by atoms with E-state index >= 15 is 0 Å². The van der Waals surface area contributed by atoms with Crippen molar-refractivity contribution in [2.75, 3.05) is 26.3 Å². The fourth-order valence-corrected chi connectivity index (χ4v) is 4.36. The first-order chi connectivity index (χ1) is 15.0. The molecule has 0 aliphatic heterocycles. The molecule has 0 saturated heterocycles. The Morgan fingerprint density at radius 3 is 2.81 bits per heavy atom. The predicted molar refractivity (Wildman–Crippen MR) is 126 cm³/mol. The number of aliphatic hydroxyl groups excluding tert-OH is 1. The maximum atomic E-state index is 12.9. The number of benzene rings is 1. The number of fused-ring (bicyclic) bond motifs is 1. The summed E-state index contributed by atoms with van der Waals surface area (Å²) in [6, 6.07) is 9.86. The molecule has 2 heterocycles. The molecular formula is C24H29N3O3S. The summed E-state index contributed by atoms with van der Waals surface area (Å²) in [5.41, 5.74) is 1.77. The average molecular weight is 440 g/mol. The molecule has 3 aromatic rings. The monoisotopic (exact) mass is 439 g/mol. The van der Waals surface area contributed by atoms with Gasteiger partial charge in [-0.15, -0.1) is 17.8 Å². The molecule has 1 aromatic carbocycles. The van der Waals surface area contributed by atoms with Gasteiger partial charge in [0.2, 0.25) is 0 Å². The number of ether oxygens (including phenoxy) is 1. The number of aromatic nitrogens is 2. The lowest BCUT2D eigenvalue weighted by Crippen LogP contribution is -2.36. The first-order valence-corrected chi connectivity index (χ1v) is 11.3. The Bertz CT molecular complexity index is 1070. The van der Waals surface area contributed by atoms with Crippen molar-refractivity contribution in [3.05, 3.63) is 51.9 Å². The highest BCUT2D eigenvalue weighted by Gasteiger charge is 2.17. The molecule has 6 nitrogen and oxygen atoms in total. The van der Waals surface area contributed by atoms with Crippen molar-refractivity contribution in [1.82, 2.24) is 14.9 Å². The second kappa shape index (κ2) is 11.2. The molecule has 31 heavy (non-hydrogen) atoms. The quantitative estimate of drug-likeness (QED) is 0.353. The third-order valence-electron chi connectivity index (χ3n) is 4.94. The van der Waals surface area contributed by atoms with Crippen LogP contribution in [-0.2, 0) is 11.3 Å². The standard InChI is InChI=1S/C24H29N3O3S/c1-4-12-30-15-19(28)13-27(11-10-17(2)3)14-21-25-23(29)22-20(16-31-24(22)26-21)18-8-6-5-7-9-18/h1,5-9,16-17,19,28H,10-15H2,2-3H3,(H,25,26,29)/t19-/m0/s1. The molecule has 164 valence electrons. The molecule has 2 aromatic heterocycles. The van der Waals surface area contributed by atoms with Gasteiger partial charge in [0.1, 0.15) is 17.3 Å². The molecule has 0 unspecified atom stereocenters. The van der Waals surface area contributed by atoms with Crippen LogP contribution in [0.2, 0.25) is 0 Å². The maximum Gasteiger partial charge on any atom is 0.260 e. The number of aliphatic hydroxyl groups is 1. The molecule has 0 fully saturated rings. The van der Waals surface area contributed by atoms with Gasteiger partial charge in [-0.1, -0.05) is 50.1 Å². The molecule has 1 atom stereocenters. The van der Waals surface area contributed by atoms with Crippen LogP contribution in [0.1, 0.15) is 26.1 Å². The van der Waals surface area contributed by atoms with Gasteiger partial charge in [0.05, 0.1) is 24.6 Å². The number of hydrogen-bond acceptors (Lipinski definition) is 6. The van der Waals surface area contributed by atoms with Crippen molar-refractivity contribution >= 4 is 21.6 Å². The molecular weight excluding hydrogens is 410 g/mol. The molecule has 0 bridgehead atoms. The first kappa shape index (κ1) is 23.2. The van der Waals surface area contributed by atoms with E-state index in [2.05, 4.69) is 29.7 Å². The van der Waals surface area contributed by atoms with Crippen molar-refractivity contribution in [3.8, 4) is 23.5 Å². The highest BCUT2D eigenvalue weighted by atomic mass is 32.1. The van der Waals surface area contributed by atoms with Gasteiger partial charge in [0.25, 0.3) is 5.56 Å². The van der Waals surface area contributed by atoms with Gasteiger partial charge in [0.15, 0.2) is 0 Å². The molecule has 0 radical (unpaired) electrons. The van der Waals surface area contributed by atoms with Gasteiger partial charge < -0.3 is 14.8 Å². The van der Waals surface area contributed by atoms with Crippen LogP contribution in [0.25, 0.3) is 21.3 Å². The topological polar surface area (TPSA) is 78.5 Å². The fraction of sp³-hybridized carbons (Fsp3) is 0.417. The maximum absolute atomic E-state index is 12.9. The van der Waals surface area contributed by atoms with E-state index in [-0.39, 0.29) is 18.8 Å². The van der Waals surface area contributed by atoms with Crippen molar-refractivity contribution in [3.63, 3.8) is 0 Å². The molecule has 3 rings (SSSR count). The van der Waals surface area contributed by atoms with E-state index in [4.69, 9.17) is 16.1 Å². The molecule has 0 amide bonds. The minimum atomic E-state index is -0.664. The highest BCUT2D eigenvalue weighted by molar-refractivity contribution is 7.17. The molecule has 0 aliphatic rings. The van der Waals surface area contributed by atoms with Gasteiger partial charge in [-0.2, -0.15) is 0 Å². The fourth-order valence-electron chi connectivity index (χ4n) is 3.39. The lowest BCUT2D eigenvalue weighted by Gasteiger charge is -2.25. The second-order valence-corrected chi connectivity index (χ2v) is 8.86. The summed E-state index contributed by atoms with van der Waals surface area (Å²) < 4.78 is 5.26. The van der Waals surface area contributed by atoms with Crippen LogP contribution < -0.4 is 5.56 Å². The van der Waals surface area contributed by atoms with E-state index in [1.165, 1.54) is 11.3 Å². The van der Waals surface area contributed by atoms with Crippen LogP contribution >= 0.6 is 11.3 Å². The first-order valence-electron chi connectivity index (χ1n) is 10.4. The second-order valence-electron chi connectivity index (χ2n) is 8.00. The average Bonchev–Trinajstić information content (AvgIpc) is 3.17. The number of rotatable bonds is 11. The summed E-state index contributed by atoms with van der Waals surface area (Å²) in [7, 11) is 0. The van der Waals surface area contributed by atoms with E-state index in [1.807, 2.05) is 35.7 Å². The van der Waals surface area contributed by atoms with Crippen LogP contribution in [0.5, 0.6) is 0 Å². The Labute approximate surface area is 186 Å². The SMILES string of the molecule is C#CCOC[C@@H](O)CN(CCC(C)C)Cc1nc2scc(-c3ccccc3)c2c(=O)[nH]1. The molecule has 0 spiro atoms. The summed E-state index contributed by atoms with van der Waals surface area (Å²) in [6.07, 6.45) is 5.50. The zero-order valence-electron chi connectivity index (χ0n) is 18.0. The van der Waals surface area contributed by atoms with Gasteiger partial charge >= 0.3 is 0 Å². The zero-order chi connectivity index (χ0) is 22.2. The van der Waals surface area contributed by atoms with Crippen molar-refractivity contribution in [1.29, 1.82) is 0 Å². The highest BCUT2D eigenvalue weighted by Crippen LogP contribution is 2.30. The van der Waals surface area contributed by atoms with Crippen molar-refractivity contribution < 1.29 is 9.84 Å². The van der Waals surface area contributed by atoms with Gasteiger partial charge in [-0.25, -0.2) is 4.98 Å². The van der Waals surface area contributed by atoms with Crippen LogP contribution in [0, 0.1) is 18.3 Å². The summed E-state index contributed by atoms with van der Waals surface area (Å²) in [5.74, 6) is 3.52. The summed E-state index contributed by atoms with van der Waals surface area (Å²) in [4.78, 5) is 23.4. The van der Waals surface area contributed by atoms with Crippen LogP contribution in [0.15, 0.2) is 40.5 Å². The van der Waals surface area contributed by atoms with E-state index in [9.17, 15) is 9.90 Å². The Morgan fingerprint density at radius 2 is 2.10 bits per heavy atom. The number of thiophene rings is 1. The summed E-state index contributed by atoms with van der Waals surface area (Å²) >= 11 is 1.47. The number of nitrogens with zero attached hydrogens (tertiary/aromatic N) is 2. The molecule has 0 aliphatic carbocycles. The smallest absolute Gasteiger partial charge is 0.260 e. The van der Waals surface area contributed by atoms with Gasteiger partial charge in [-0.05, 0) is 24.4 Å². The third-order valence-corrected chi connectivity index (χ3v) is 5.81. The minimum Gasteiger partial charge on any atom is -0.389 e. The Hall–Kier alpha value is -2.50. The summed E-state index contributed by atoms with van der Waals surface area (Å²) in [5, 5.41) is 12.9. The number of hydrogen-bond donors (Lipinski definition) is 2. The summed E-state index contributed by atoms with van der Waals surface area (Å²) in [6.45, 7) is 6.32. The van der Waals surface area contributed by atoms with E-state index in [1.54, 1.807) is 0 Å². The lowest BCUT2D eigenvalue weighted by molar-refractivity contribution is 0.0247. The molecule has 0 saturated carbocycles. The van der Waals surface area contributed by atoms with E-state index in [0.29, 0.717) is 30.2 Å². The normalized spacial score (nSPS) is 12.5. The number of terminal acetylenes is 1. The van der Waals surface area contributed by atoms with E-state index < -0.39 is 6.10 Å². The lowest BCUT2D eigenvalue weighted by atomic mass is 10.1. The third kappa shape index (κ3) is 6.49. The van der Waals surface area contributed by atoms with Crippen LogP contribution in [0.3, 0.4) is 0 Å². The minimum absolute atomic E-state index is 0.137. The van der Waals surface area contributed by atoms with Crippen molar-refractivity contribution in [2.45, 2.75) is 32.9 Å². The molecule has 2 N–H and O–H groups in total. The van der Waals surface area contributed by atoms with Gasteiger partial charge in [-0.3, -0.25) is 9.69 Å². The van der Waals surface area contributed by atoms with Crippen LogP contribution in [-0.4, -0.2) is 52.4 Å². The number of H-pyrrole nitrogens is 1. The largest absolute Gasteiger partial charge is 0.389 e. The Balaban J connectivity index is 1.79. The number of aromatic amines is 1. The Kier molecular flexibility index (Phi) is 8.38. The zero-order valence-corrected chi connectivity index (χ0v) is 18.8. The Morgan fingerprint density at radius 1 is 1.32 bits per heavy atom. The molecule has 7 heteroatoms. The number of nitrogens with one attached hydrogen (secondary N) is 1. The predicted octanol–water partition coefficient (Wildman–Crippen LogP) is 3.51. The van der Waals surface area contributed by atoms with Crippen molar-refractivity contribution in [2.24, 2.45) is 5.92 Å². The van der Waals surface area contributed by atoms with Crippen LogP contribution in [0.4, 0.5) is 0 Å². The van der Waals surface area contributed by atoms with E-state index in [0.717, 1.165) is 28.9 Å². The van der Waals surface area contributed by atoms with Gasteiger partial charge in [0, 0.05) is 17.5 Å².